The van der Waals surface area contributed by atoms with Crippen molar-refractivity contribution >= 4 is 5.97 Å². The van der Waals surface area contributed by atoms with E-state index in [0.29, 0.717) is 25.5 Å². The largest absolute Gasteiger partial charge is 0.497 e. The number of methoxy groups -OCH3 is 1. The van der Waals surface area contributed by atoms with Crippen LogP contribution in [0.25, 0.3) is 0 Å². The molecule has 2 aromatic rings. The van der Waals surface area contributed by atoms with Gasteiger partial charge in [-0.3, -0.25) is 9.69 Å². The first kappa shape index (κ1) is 31.9. The van der Waals surface area contributed by atoms with E-state index in [9.17, 15) is 9.18 Å². The highest BCUT2D eigenvalue weighted by molar-refractivity contribution is 5.69. The van der Waals surface area contributed by atoms with Crippen molar-refractivity contribution in [3.8, 4) is 11.5 Å². The fourth-order valence-electron chi connectivity index (χ4n) is 5.57. The normalized spacial score (nSPS) is 17.2. The molecule has 1 saturated heterocycles. The number of aryl methyl sites for hydroxylation is 2. The molecule has 40 heavy (non-hydrogen) atoms. The van der Waals surface area contributed by atoms with Gasteiger partial charge in [0.15, 0.2) is 0 Å². The van der Waals surface area contributed by atoms with Crippen LogP contribution in [-0.4, -0.2) is 50.3 Å². The summed E-state index contributed by atoms with van der Waals surface area (Å²) in [5, 5.41) is 0. The number of esters is 1. The number of nitrogens with zero attached hydrogens (tertiary/aromatic N) is 1. The Morgan fingerprint density at radius 3 is 2.48 bits per heavy atom. The van der Waals surface area contributed by atoms with Gasteiger partial charge in [0.1, 0.15) is 23.4 Å². The summed E-state index contributed by atoms with van der Waals surface area (Å²) < 4.78 is 31.3. The zero-order valence-corrected chi connectivity index (χ0v) is 25.0. The molecule has 1 fully saturated rings. The number of hydrogen-bond donors (Lipinski definition) is 0. The summed E-state index contributed by atoms with van der Waals surface area (Å²) in [6.45, 7) is 3.54. The molecule has 3 rings (SSSR count). The zero-order chi connectivity index (χ0) is 28.6. The average Bonchev–Trinajstić information content (AvgIpc) is 3.30. The monoisotopic (exact) mass is 555 g/mol. The van der Waals surface area contributed by atoms with Crippen molar-refractivity contribution < 1.29 is 23.4 Å². The highest BCUT2D eigenvalue weighted by Crippen LogP contribution is 2.26. The van der Waals surface area contributed by atoms with E-state index in [4.69, 9.17) is 14.2 Å². The summed E-state index contributed by atoms with van der Waals surface area (Å²) >= 11 is 0. The number of halogens is 1. The van der Waals surface area contributed by atoms with Gasteiger partial charge in [-0.1, -0.05) is 70.4 Å². The first-order valence-corrected chi connectivity index (χ1v) is 15.4. The van der Waals surface area contributed by atoms with Crippen LogP contribution < -0.4 is 9.47 Å². The molecule has 0 aromatic heterocycles. The summed E-state index contributed by atoms with van der Waals surface area (Å²) in [4.78, 5) is 14.6. The second-order valence-electron chi connectivity index (χ2n) is 11.3. The molecule has 5 nitrogen and oxygen atoms in total. The average molecular weight is 556 g/mol. The molecular formula is C34H50FNO4. The number of carbonyl (C=O) groups is 1. The molecule has 0 bridgehead atoms. The second kappa shape index (κ2) is 18.0. The fraction of sp³-hybridized carbons (Fsp3) is 0.618. The third-order valence-electron chi connectivity index (χ3n) is 7.98. The SMILES string of the molecule is CCCCCCCCCCCC(=O)O[C@@H]1C[C@@H](CCOc2ccc(F)cc2CCc2cccc(OC)c2)N(C)C1. The molecule has 0 N–H and O–H groups in total. The number of rotatable bonds is 19. The van der Waals surface area contributed by atoms with Gasteiger partial charge in [0.25, 0.3) is 0 Å². The van der Waals surface area contributed by atoms with Crippen LogP contribution in [0.4, 0.5) is 4.39 Å². The lowest BCUT2D eigenvalue weighted by Gasteiger charge is -2.19. The van der Waals surface area contributed by atoms with Crippen LogP contribution >= 0.6 is 0 Å². The van der Waals surface area contributed by atoms with E-state index >= 15 is 0 Å². The van der Waals surface area contributed by atoms with E-state index in [0.717, 1.165) is 61.3 Å². The van der Waals surface area contributed by atoms with Gasteiger partial charge in [0, 0.05) is 25.4 Å². The van der Waals surface area contributed by atoms with Crippen LogP contribution in [0.2, 0.25) is 0 Å². The molecule has 1 heterocycles. The molecule has 222 valence electrons. The van der Waals surface area contributed by atoms with Crippen LogP contribution in [0.15, 0.2) is 42.5 Å². The van der Waals surface area contributed by atoms with Crippen LogP contribution in [0.3, 0.4) is 0 Å². The Balaban J connectivity index is 1.34. The van der Waals surface area contributed by atoms with Gasteiger partial charge >= 0.3 is 5.97 Å². The highest BCUT2D eigenvalue weighted by Gasteiger charge is 2.31. The number of ether oxygens (including phenoxy) is 3. The Hall–Kier alpha value is -2.60. The maximum absolute atomic E-state index is 14.0. The van der Waals surface area contributed by atoms with E-state index in [-0.39, 0.29) is 17.9 Å². The lowest BCUT2D eigenvalue weighted by atomic mass is 10.0. The minimum atomic E-state index is -0.254. The Kier molecular flexibility index (Phi) is 14.3. The lowest BCUT2D eigenvalue weighted by molar-refractivity contribution is -0.148. The maximum Gasteiger partial charge on any atom is 0.306 e. The molecular weight excluding hydrogens is 505 g/mol. The second-order valence-corrected chi connectivity index (χ2v) is 11.3. The molecule has 6 heteroatoms. The van der Waals surface area contributed by atoms with E-state index in [2.05, 4.69) is 24.9 Å². The maximum atomic E-state index is 14.0. The van der Waals surface area contributed by atoms with Crippen molar-refractivity contribution in [1.29, 1.82) is 0 Å². The predicted octanol–water partition coefficient (Wildman–Crippen LogP) is 7.93. The Morgan fingerprint density at radius 1 is 0.975 bits per heavy atom. The van der Waals surface area contributed by atoms with Crippen molar-refractivity contribution in [2.75, 3.05) is 27.3 Å². The minimum Gasteiger partial charge on any atom is -0.497 e. The quantitative estimate of drug-likeness (QED) is 0.130. The Bertz CT molecular complexity index is 1010. The molecule has 0 spiro atoms. The molecule has 2 aromatic carbocycles. The number of hydrogen-bond acceptors (Lipinski definition) is 5. The van der Waals surface area contributed by atoms with Gasteiger partial charge in [-0.2, -0.15) is 0 Å². The molecule has 0 amide bonds. The lowest BCUT2D eigenvalue weighted by Crippen LogP contribution is -2.27. The van der Waals surface area contributed by atoms with Gasteiger partial charge in [0.05, 0.1) is 13.7 Å². The molecule has 0 saturated carbocycles. The first-order chi connectivity index (χ1) is 19.5. The van der Waals surface area contributed by atoms with Crippen molar-refractivity contribution in [3.05, 3.63) is 59.4 Å². The standard InChI is InChI=1S/C34H50FNO4/c1-4-5-6-7-8-9-10-11-12-16-34(37)40-32-25-30(36(2)26-32)21-22-39-33-20-19-29(35)24-28(33)18-17-27-14-13-15-31(23-27)38-3/h13-15,19-20,23-24,30,32H,4-12,16-18,21-22,25-26H2,1-3H3/t30-,32-/m1/s1. The smallest absolute Gasteiger partial charge is 0.306 e. The number of likely N-dealkylation sites (tertiary alicyclic amines) is 1. The summed E-state index contributed by atoms with van der Waals surface area (Å²) in [5.41, 5.74) is 2.01. The first-order valence-electron chi connectivity index (χ1n) is 15.4. The van der Waals surface area contributed by atoms with Crippen molar-refractivity contribution in [1.82, 2.24) is 4.90 Å². The Morgan fingerprint density at radius 2 is 1.73 bits per heavy atom. The van der Waals surface area contributed by atoms with Gasteiger partial charge < -0.3 is 14.2 Å². The molecule has 0 aliphatic carbocycles. The number of unbranched alkanes of at least 4 members (excludes halogenated alkanes) is 8. The summed E-state index contributed by atoms with van der Waals surface area (Å²) in [6, 6.07) is 13.0. The van der Waals surface area contributed by atoms with E-state index in [1.165, 1.54) is 51.0 Å². The zero-order valence-electron chi connectivity index (χ0n) is 25.0. The third kappa shape index (κ3) is 11.5. The van der Waals surface area contributed by atoms with E-state index in [1.54, 1.807) is 19.2 Å². The summed E-state index contributed by atoms with van der Waals surface area (Å²) in [5.74, 6) is 1.23. The Labute approximate surface area is 241 Å². The topological polar surface area (TPSA) is 48.0 Å². The molecule has 1 aliphatic heterocycles. The fourth-order valence-corrected chi connectivity index (χ4v) is 5.57. The van der Waals surface area contributed by atoms with Crippen LogP contribution in [0, 0.1) is 5.82 Å². The van der Waals surface area contributed by atoms with Gasteiger partial charge in [-0.15, -0.1) is 0 Å². The molecule has 1 aliphatic rings. The summed E-state index contributed by atoms with van der Waals surface area (Å²) in [7, 11) is 3.74. The van der Waals surface area contributed by atoms with Crippen LogP contribution in [-0.2, 0) is 22.4 Å². The number of carbonyl (C=O) groups excluding carboxylic acids is 1. The van der Waals surface area contributed by atoms with Crippen molar-refractivity contribution in [3.63, 3.8) is 0 Å². The minimum absolute atomic E-state index is 0.0506. The molecule has 0 radical (unpaired) electrons. The van der Waals surface area contributed by atoms with Crippen LogP contribution in [0.5, 0.6) is 11.5 Å². The predicted molar refractivity (Wildman–Crippen MR) is 160 cm³/mol. The number of likely N-dealkylation sites (N-methyl/N-ethyl adjacent to an activating group) is 1. The van der Waals surface area contributed by atoms with Crippen LogP contribution in [0.1, 0.15) is 95.1 Å². The van der Waals surface area contributed by atoms with Gasteiger partial charge in [0.2, 0.25) is 0 Å². The van der Waals surface area contributed by atoms with E-state index < -0.39 is 0 Å². The van der Waals surface area contributed by atoms with Gasteiger partial charge in [-0.05, 0) is 74.2 Å². The third-order valence-corrected chi connectivity index (χ3v) is 7.98. The van der Waals surface area contributed by atoms with Crippen molar-refractivity contribution in [2.24, 2.45) is 0 Å². The summed E-state index contributed by atoms with van der Waals surface area (Å²) in [6.07, 6.45) is 14.7. The number of benzene rings is 2. The molecule has 2 atom stereocenters. The van der Waals surface area contributed by atoms with Crippen molar-refractivity contribution in [2.45, 2.75) is 109 Å². The van der Waals surface area contributed by atoms with Gasteiger partial charge in [-0.25, -0.2) is 4.39 Å². The molecule has 0 unspecified atom stereocenters. The highest BCUT2D eigenvalue weighted by atomic mass is 19.1. The van der Waals surface area contributed by atoms with E-state index in [1.807, 2.05) is 18.2 Å².